The van der Waals surface area contributed by atoms with Crippen molar-refractivity contribution in [2.75, 3.05) is 20.7 Å². The molecule has 0 amide bonds. The van der Waals surface area contributed by atoms with Gasteiger partial charge >= 0.3 is 0 Å². The van der Waals surface area contributed by atoms with Crippen molar-refractivity contribution < 1.29 is 4.74 Å². The normalized spacial score (nSPS) is 11.4. The van der Waals surface area contributed by atoms with E-state index in [0.29, 0.717) is 6.54 Å². The summed E-state index contributed by atoms with van der Waals surface area (Å²) in [7, 11) is 3.46. The molecule has 0 bridgehead atoms. The van der Waals surface area contributed by atoms with E-state index in [2.05, 4.69) is 34.5 Å². The molecular formula is C17H24N4OS. The Kier molecular flexibility index (Phi) is 6.40. The maximum atomic E-state index is 5.36. The van der Waals surface area contributed by atoms with E-state index in [1.807, 2.05) is 24.3 Å². The Balaban J connectivity index is 1.81. The fourth-order valence-electron chi connectivity index (χ4n) is 2.18. The number of benzene rings is 1. The summed E-state index contributed by atoms with van der Waals surface area (Å²) < 4.78 is 5.36. The van der Waals surface area contributed by atoms with Crippen LogP contribution in [0, 0.1) is 13.8 Å². The first kappa shape index (κ1) is 17.3. The lowest BCUT2D eigenvalue weighted by Crippen LogP contribution is -2.37. The maximum Gasteiger partial charge on any atom is 0.191 e. The fraction of sp³-hybridized carbons (Fsp3) is 0.412. The average Bonchev–Trinajstić information content (AvgIpc) is 2.89. The summed E-state index contributed by atoms with van der Waals surface area (Å²) in [6, 6.07) is 7.97. The van der Waals surface area contributed by atoms with Crippen LogP contribution in [0.4, 0.5) is 0 Å². The number of nitrogens with zero attached hydrogens (tertiary/aromatic N) is 2. The van der Waals surface area contributed by atoms with Crippen molar-refractivity contribution in [3.8, 4) is 5.75 Å². The van der Waals surface area contributed by atoms with E-state index >= 15 is 0 Å². The number of hydrogen-bond donors (Lipinski definition) is 2. The number of aromatic nitrogens is 1. The zero-order valence-electron chi connectivity index (χ0n) is 14.1. The third-order valence-corrected chi connectivity index (χ3v) is 4.70. The zero-order chi connectivity index (χ0) is 16.7. The van der Waals surface area contributed by atoms with Crippen LogP contribution < -0.4 is 15.4 Å². The molecule has 0 fully saturated rings. The first-order valence-electron chi connectivity index (χ1n) is 7.63. The highest BCUT2D eigenvalue weighted by Crippen LogP contribution is 2.17. The Morgan fingerprint density at radius 3 is 2.70 bits per heavy atom. The molecule has 1 heterocycles. The predicted molar refractivity (Wildman–Crippen MR) is 96.5 cm³/mol. The molecule has 23 heavy (non-hydrogen) atoms. The lowest BCUT2D eigenvalue weighted by Gasteiger charge is -2.13. The standard InChI is InChI=1S/C17H24N4OS/c1-12-13(2)23-16(21-12)9-10-19-17(18-3)20-11-14-7-5-6-8-15(14)22-4/h5-8H,9-11H2,1-4H3,(H2,18,19,20). The molecule has 2 N–H and O–H groups in total. The molecule has 6 heteroatoms. The lowest BCUT2D eigenvalue weighted by molar-refractivity contribution is 0.409. The minimum absolute atomic E-state index is 0.666. The number of thiazole rings is 1. The number of hydrogen-bond acceptors (Lipinski definition) is 4. The second-order valence-corrected chi connectivity index (χ2v) is 6.45. The van der Waals surface area contributed by atoms with E-state index in [1.54, 1.807) is 25.5 Å². The van der Waals surface area contributed by atoms with Gasteiger partial charge in [-0.25, -0.2) is 4.98 Å². The zero-order valence-corrected chi connectivity index (χ0v) is 15.0. The van der Waals surface area contributed by atoms with Gasteiger partial charge in [-0.2, -0.15) is 0 Å². The molecule has 2 aromatic rings. The smallest absolute Gasteiger partial charge is 0.191 e. The van der Waals surface area contributed by atoms with Gasteiger partial charge in [-0.05, 0) is 19.9 Å². The van der Waals surface area contributed by atoms with Crippen LogP contribution in [0.1, 0.15) is 21.1 Å². The van der Waals surface area contributed by atoms with Crippen LogP contribution in [0.3, 0.4) is 0 Å². The summed E-state index contributed by atoms with van der Waals surface area (Å²) in [6.07, 6.45) is 0.898. The number of aliphatic imine (C=N–C) groups is 1. The number of ether oxygens (including phenoxy) is 1. The molecule has 0 saturated heterocycles. The SMILES string of the molecule is CN=C(NCCc1nc(C)c(C)s1)NCc1ccccc1OC. The van der Waals surface area contributed by atoms with Crippen LogP contribution in [0.15, 0.2) is 29.3 Å². The van der Waals surface area contributed by atoms with Gasteiger partial charge in [0.1, 0.15) is 5.75 Å². The second-order valence-electron chi connectivity index (χ2n) is 5.16. The van der Waals surface area contributed by atoms with E-state index in [-0.39, 0.29) is 0 Å². The molecule has 0 aliphatic heterocycles. The molecule has 0 aliphatic carbocycles. The summed E-state index contributed by atoms with van der Waals surface area (Å²) >= 11 is 1.76. The monoisotopic (exact) mass is 332 g/mol. The summed E-state index contributed by atoms with van der Waals surface area (Å²) in [4.78, 5) is 10.1. The molecule has 0 atom stereocenters. The van der Waals surface area contributed by atoms with Crippen molar-refractivity contribution in [2.45, 2.75) is 26.8 Å². The van der Waals surface area contributed by atoms with Crippen molar-refractivity contribution in [3.05, 3.63) is 45.4 Å². The maximum absolute atomic E-state index is 5.36. The van der Waals surface area contributed by atoms with Crippen LogP contribution in [0.2, 0.25) is 0 Å². The predicted octanol–water partition coefficient (Wildman–Crippen LogP) is 2.68. The van der Waals surface area contributed by atoms with Gasteiger partial charge in [0.25, 0.3) is 0 Å². The molecule has 1 aromatic heterocycles. The molecule has 0 radical (unpaired) electrons. The molecule has 1 aromatic carbocycles. The molecule has 5 nitrogen and oxygen atoms in total. The summed E-state index contributed by atoms with van der Waals surface area (Å²) in [5, 5.41) is 7.78. The van der Waals surface area contributed by atoms with Gasteiger partial charge in [0, 0.05) is 37.0 Å². The van der Waals surface area contributed by atoms with Crippen molar-refractivity contribution in [2.24, 2.45) is 4.99 Å². The van der Waals surface area contributed by atoms with Gasteiger partial charge in [-0.3, -0.25) is 4.99 Å². The van der Waals surface area contributed by atoms with Crippen LogP contribution in [-0.4, -0.2) is 31.6 Å². The largest absolute Gasteiger partial charge is 0.496 e. The highest BCUT2D eigenvalue weighted by atomic mass is 32.1. The second kappa shape index (κ2) is 8.53. The van der Waals surface area contributed by atoms with Gasteiger partial charge in [0.2, 0.25) is 0 Å². The molecule has 0 spiro atoms. The third-order valence-electron chi connectivity index (χ3n) is 3.57. The summed E-state index contributed by atoms with van der Waals surface area (Å²) in [6.45, 7) is 5.63. The van der Waals surface area contributed by atoms with Gasteiger partial charge in [-0.1, -0.05) is 18.2 Å². The van der Waals surface area contributed by atoms with Crippen LogP contribution >= 0.6 is 11.3 Å². The first-order valence-corrected chi connectivity index (χ1v) is 8.45. The molecule has 2 rings (SSSR count). The van der Waals surface area contributed by atoms with E-state index in [9.17, 15) is 0 Å². The molecule has 124 valence electrons. The average molecular weight is 332 g/mol. The Morgan fingerprint density at radius 1 is 1.26 bits per heavy atom. The summed E-state index contributed by atoms with van der Waals surface area (Å²) in [5.41, 5.74) is 2.23. The Morgan fingerprint density at radius 2 is 2.04 bits per heavy atom. The van der Waals surface area contributed by atoms with Crippen LogP contribution in [0.5, 0.6) is 5.75 Å². The van der Waals surface area contributed by atoms with Crippen LogP contribution in [-0.2, 0) is 13.0 Å². The quantitative estimate of drug-likeness (QED) is 0.631. The summed E-state index contributed by atoms with van der Waals surface area (Å²) in [5.74, 6) is 1.66. The minimum Gasteiger partial charge on any atom is -0.496 e. The topological polar surface area (TPSA) is 58.5 Å². The molecule has 0 unspecified atom stereocenters. The van der Waals surface area contributed by atoms with Crippen molar-refractivity contribution in [3.63, 3.8) is 0 Å². The number of nitrogens with one attached hydrogen (secondary N) is 2. The van der Waals surface area contributed by atoms with Gasteiger partial charge in [0.05, 0.1) is 17.8 Å². The van der Waals surface area contributed by atoms with E-state index < -0.39 is 0 Å². The number of methoxy groups -OCH3 is 1. The van der Waals surface area contributed by atoms with Crippen molar-refractivity contribution in [1.82, 2.24) is 15.6 Å². The molecular weight excluding hydrogens is 308 g/mol. The van der Waals surface area contributed by atoms with Gasteiger partial charge < -0.3 is 15.4 Å². The number of aryl methyl sites for hydroxylation is 2. The van der Waals surface area contributed by atoms with Crippen molar-refractivity contribution >= 4 is 17.3 Å². The fourth-order valence-corrected chi connectivity index (χ4v) is 3.12. The number of guanidine groups is 1. The van der Waals surface area contributed by atoms with E-state index in [4.69, 9.17) is 4.74 Å². The van der Waals surface area contributed by atoms with Crippen molar-refractivity contribution in [1.29, 1.82) is 0 Å². The van der Waals surface area contributed by atoms with E-state index in [1.165, 1.54) is 4.88 Å². The number of para-hydroxylation sites is 1. The highest BCUT2D eigenvalue weighted by molar-refractivity contribution is 7.11. The number of rotatable bonds is 6. The Labute approximate surface area is 141 Å². The van der Waals surface area contributed by atoms with Crippen LogP contribution in [0.25, 0.3) is 0 Å². The van der Waals surface area contributed by atoms with Gasteiger partial charge in [-0.15, -0.1) is 11.3 Å². The van der Waals surface area contributed by atoms with E-state index in [0.717, 1.165) is 40.9 Å². The Hall–Kier alpha value is -2.08. The first-order chi connectivity index (χ1) is 11.1. The minimum atomic E-state index is 0.666. The highest BCUT2D eigenvalue weighted by Gasteiger charge is 2.05. The third kappa shape index (κ3) is 4.96. The Bertz CT molecular complexity index is 647. The lowest BCUT2D eigenvalue weighted by atomic mass is 10.2. The molecule has 0 saturated carbocycles. The molecule has 0 aliphatic rings. The van der Waals surface area contributed by atoms with Gasteiger partial charge in [0.15, 0.2) is 5.96 Å².